The van der Waals surface area contributed by atoms with E-state index >= 15 is 0 Å². The fourth-order valence-corrected chi connectivity index (χ4v) is 2.88. The number of rotatable bonds is 2. The van der Waals surface area contributed by atoms with Gasteiger partial charge in [-0.25, -0.2) is 0 Å². The maximum absolute atomic E-state index is 12.5. The van der Waals surface area contributed by atoms with Crippen LogP contribution in [0.1, 0.15) is 35.7 Å². The molecule has 0 spiro atoms. The number of carbonyl (C=O) groups is 1. The summed E-state index contributed by atoms with van der Waals surface area (Å²) in [7, 11) is 0. The first-order chi connectivity index (χ1) is 9.56. The average molecular weight is 295 g/mol. The van der Waals surface area contributed by atoms with Crippen LogP contribution in [-0.2, 0) is 0 Å². The molecule has 0 bridgehead atoms. The molecule has 1 amide bonds. The molecule has 0 aliphatic carbocycles. The molecule has 0 radical (unpaired) electrons. The molecule has 2 rings (SSSR count). The molecule has 1 heterocycles. The first kappa shape index (κ1) is 14.9. The third-order valence-electron chi connectivity index (χ3n) is 3.81. The number of hydrogen-bond acceptors (Lipinski definition) is 3. The largest absolute Gasteiger partial charge is 0.411 e. The van der Waals surface area contributed by atoms with Crippen LogP contribution in [0.25, 0.3) is 0 Å². The Kier molecular flexibility index (Phi) is 4.65. The highest BCUT2D eigenvalue weighted by atomic mass is 35.5. The third-order valence-corrected chi connectivity index (χ3v) is 4.13. The van der Waals surface area contributed by atoms with Gasteiger partial charge >= 0.3 is 0 Å². The van der Waals surface area contributed by atoms with Crippen molar-refractivity contribution < 1.29 is 10.0 Å². The molecule has 1 aromatic rings. The van der Waals surface area contributed by atoms with Crippen LogP contribution in [0, 0.1) is 12.8 Å². The minimum atomic E-state index is -0.0505. The number of piperidine rings is 1. The predicted octanol–water partition coefficient (Wildman–Crippen LogP) is 3.35. The zero-order valence-corrected chi connectivity index (χ0v) is 12.5. The lowest BCUT2D eigenvalue weighted by Gasteiger charge is -2.33. The first-order valence-electron chi connectivity index (χ1n) is 6.83. The Morgan fingerprint density at radius 2 is 2.30 bits per heavy atom. The van der Waals surface area contributed by atoms with Gasteiger partial charge in [0.25, 0.3) is 5.91 Å². The number of nitrogens with zero attached hydrogens (tertiary/aromatic N) is 2. The van der Waals surface area contributed by atoms with Crippen molar-refractivity contribution in [2.24, 2.45) is 11.1 Å². The van der Waals surface area contributed by atoms with Crippen molar-refractivity contribution in [2.75, 3.05) is 13.1 Å². The molecule has 1 unspecified atom stereocenters. The molecule has 1 atom stereocenters. The lowest BCUT2D eigenvalue weighted by Crippen LogP contribution is -2.44. The van der Waals surface area contributed by atoms with Crippen molar-refractivity contribution in [3.05, 3.63) is 34.3 Å². The average Bonchev–Trinajstić information content (AvgIpc) is 2.45. The van der Waals surface area contributed by atoms with E-state index in [1.54, 1.807) is 17.0 Å². The molecule has 20 heavy (non-hydrogen) atoms. The first-order valence-corrected chi connectivity index (χ1v) is 7.20. The molecule has 1 aliphatic rings. The van der Waals surface area contributed by atoms with Crippen molar-refractivity contribution in [3.63, 3.8) is 0 Å². The molecule has 1 N–H and O–H groups in total. The normalized spacial score (nSPS) is 21.2. The van der Waals surface area contributed by atoms with Gasteiger partial charge in [-0.05, 0) is 31.0 Å². The molecule has 4 nitrogen and oxygen atoms in total. The highest BCUT2D eigenvalue weighted by Crippen LogP contribution is 2.23. The minimum Gasteiger partial charge on any atom is -0.411 e. The Bertz CT molecular complexity index is 543. The van der Waals surface area contributed by atoms with Crippen molar-refractivity contribution in [1.82, 2.24) is 4.90 Å². The van der Waals surface area contributed by atoms with Crippen LogP contribution in [0.15, 0.2) is 23.4 Å². The van der Waals surface area contributed by atoms with Crippen molar-refractivity contribution >= 4 is 23.2 Å². The van der Waals surface area contributed by atoms with Crippen LogP contribution in [-0.4, -0.2) is 34.8 Å². The highest BCUT2D eigenvalue weighted by Gasteiger charge is 2.29. The lowest BCUT2D eigenvalue weighted by atomic mass is 9.93. The van der Waals surface area contributed by atoms with Gasteiger partial charge in [0.1, 0.15) is 0 Å². The van der Waals surface area contributed by atoms with E-state index in [-0.39, 0.29) is 11.8 Å². The summed E-state index contributed by atoms with van der Waals surface area (Å²) in [5.74, 6) is 0.0763. The number of oxime groups is 1. The second kappa shape index (κ2) is 6.27. The van der Waals surface area contributed by atoms with Crippen LogP contribution < -0.4 is 0 Å². The maximum Gasteiger partial charge on any atom is 0.255 e. The summed E-state index contributed by atoms with van der Waals surface area (Å²) in [6, 6.07) is 5.47. The van der Waals surface area contributed by atoms with E-state index < -0.39 is 0 Å². The summed E-state index contributed by atoms with van der Waals surface area (Å²) in [5.41, 5.74) is 2.36. The van der Waals surface area contributed by atoms with E-state index in [0.717, 1.165) is 17.7 Å². The Morgan fingerprint density at radius 3 is 2.90 bits per heavy atom. The smallest absolute Gasteiger partial charge is 0.255 e. The summed E-state index contributed by atoms with van der Waals surface area (Å²) in [6.45, 7) is 5.12. The predicted molar refractivity (Wildman–Crippen MR) is 79.7 cm³/mol. The number of amides is 1. The van der Waals surface area contributed by atoms with Crippen LogP contribution >= 0.6 is 11.6 Å². The van der Waals surface area contributed by atoms with Crippen LogP contribution in [0.5, 0.6) is 0 Å². The SMILES string of the molecule is CCC1CN(C(=O)c2ccc(C)cc2Cl)CC/C1=N\O. The van der Waals surface area contributed by atoms with E-state index in [4.69, 9.17) is 16.8 Å². The van der Waals surface area contributed by atoms with Crippen LogP contribution in [0.4, 0.5) is 0 Å². The van der Waals surface area contributed by atoms with Gasteiger partial charge in [-0.1, -0.05) is 29.7 Å². The number of likely N-dealkylation sites (tertiary alicyclic amines) is 1. The third kappa shape index (κ3) is 2.96. The van der Waals surface area contributed by atoms with E-state index in [1.165, 1.54) is 0 Å². The zero-order chi connectivity index (χ0) is 14.7. The van der Waals surface area contributed by atoms with Gasteiger partial charge in [0.2, 0.25) is 0 Å². The Labute approximate surface area is 124 Å². The van der Waals surface area contributed by atoms with E-state index in [2.05, 4.69) is 5.16 Å². The molecule has 5 heteroatoms. The summed E-state index contributed by atoms with van der Waals surface area (Å²) in [5, 5.41) is 12.8. The maximum atomic E-state index is 12.5. The monoisotopic (exact) mass is 294 g/mol. The van der Waals surface area contributed by atoms with Gasteiger partial charge in [-0.3, -0.25) is 4.79 Å². The van der Waals surface area contributed by atoms with Crippen LogP contribution in [0.2, 0.25) is 5.02 Å². The number of aryl methyl sites for hydroxylation is 1. The molecule has 1 saturated heterocycles. The standard InChI is InChI=1S/C15H19ClN2O2/c1-3-11-9-18(7-6-14(11)17-20)15(19)12-5-4-10(2)8-13(12)16/h4-5,8,11,20H,3,6-7,9H2,1-2H3/b17-14+. The minimum absolute atomic E-state index is 0.0505. The quantitative estimate of drug-likeness (QED) is 0.672. The van der Waals surface area contributed by atoms with E-state index in [1.807, 2.05) is 19.9 Å². The molecular formula is C15H19ClN2O2. The summed E-state index contributed by atoms with van der Waals surface area (Å²) in [4.78, 5) is 14.3. The second-order valence-corrected chi connectivity index (χ2v) is 5.59. The summed E-state index contributed by atoms with van der Waals surface area (Å²) >= 11 is 6.16. The van der Waals surface area contributed by atoms with E-state index in [0.29, 0.717) is 30.1 Å². The molecular weight excluding hydrogens is 276 g/mol. The van der Waals surface area contributed by atoms with Crippen molar-refractivity contribution in [1.29, 1.82) is 0 Å². The molecule has 1 aliphatic heterocycles. The zero-order valence-electron chi connectivity index (χ0n) is 11.8. The van der Waals surface area contributed by atoms with Crippen molar-refractivity contribution in [2.45, 2.75) is 26.7 Å². The Morgan fingerprint density at radius 1 is 1.55 bits per heavy atom. The Balaban J connectivity index is 2.18. The fourth-order valence-electron chi connectivity index (χ4n) is 2.56. The van der Waals surface area contributed by atoms with Crippen molar-refractivity contribution in [3.8, 4) is 0 Å². The topological polar surface area (TPSA) is 52.9 Å². The molecule has 0 saturated carbocycles. The van der Waals surface area contributed by atoms with Gasteiger partial charge in [0.15, 0.2) is 0 Å². The lowest BCUT2D eigenvalue weighted by molar-refractivity contribution is 0.0729. The molecule has 108 valence electrons. The fraction of sp³-hybridized carbons (Fsp3) is 0.467. The Hall–Kier alpha value is -1.55. The van der Waals surface area contributed by atoms with E-state index in [9.17, 15) is 4.79 Å². The molecule has 0 aromatic heterocycles. The van der Waals surface area contributed by atoms with Gasteiger partial charge in [-0.15, -0.1) is 0 Å². The molecule has 1 fully saturated rings. The van der Waals surface area contributed by atoms with Gasteiger partial charge in [0, 0.05) is 25.4 Å². The molecule has 1 aromatic carbocycles. The number of hydrogen-bond donors (Lipinski definition) is 1. The second-order valence-electron chi connectivity index (χ2n) is 5.18. The van der Waals surface area contributed by atoms with Gasteiger partial charge in [0.05, 0.1) is 16.3 Å². The number of carbonyl (C=O) groups excluding carboxylic acids is 1. The van der Waals surface area contributed by atoms with Gasteiger partial charge in [-0.2, -0.15) is 0 Å². The summed E-state index contributed by atoms with van der Waals surface area (Å²) < 4.78 is 0. The highest BCUT2D eigenvalue weighted by molar-refractivity contribution is 6.33. The summed E-state index contributed by atoms with van der Waals surface area (Å²) in [6.07, 6.45) is 1.47. The van der Waals surface area contributed by atoms with Gasteiger partial charge < -0.3 is 10.1 Å². The number of benzene rings is 1. The van der Waals surface area contributed by atoms with Crippen LogP contribution in [0.3, 0.4) is 0 Å². The number of halogens is 1.